The van der Waals surface area contributed by atoms with Crippen molar-refractivity contribution < 1.29 is 9.13 Å². The van der Waals surface area contributed by atoms with E-state index in [1.54, 1.807) is 12.1 Å². The van der Waals surface area contributed by atoms with Gasteiger partial charge in [0.05, 0.1) is 0 Å². The maximum absolute atomic E-state index is 14.0. The minimum Gasteiger partial charge on any atom is -0.474 e. The Hall–Kier alpha value is -1.84. The fourth-order valence-corrected chi connectivity index (χ4v) is 2.72. The fraction of sp³-hybridized carbons (Fsp3) is 0.438. The van der Waals surface area contributed by atoms with Crippen molar-refractivity contribution in [2.45, 2.75) is 45.8 Å². The zero-order chi connectivity index (χ0) is 14.1. The van der Waals surface area contributed by atoms with Gasteiger partial charge < -0.3 is 4.74 Å². The summed E-state index contributed by atoms with van der Waals surface area (Å²) in [5.41, 5.74) is 2.16. The van der Waals surface area contributed by atoms with E-state index in [1.165, 1.54) is 6.07 Å². The van der Waals surface area contributed by atoms with Gasteiger partial charge in [0.1, 0.15) is 17.6 Å². The Morgan fingerprint density at radius 1 is 1.40 bits per heavy atom. The van der Waals surface area contributed by atoms with Crippen LogP contribution in [0, 0.1) is 12.7 Å². The predicted molar refractivity (Wildman–Crippen MR) is 76.3 cm³/mol. The number of aryl methyl sites for hydroxylation is 1. The molecular weight excluding hydrogens is 255 g/mol. The molecule has 1 aliphatic heterocycles. The van der Waals surface area contributed by atoms with E-state index >= 15 is 0 Å². The van der Waals surface area contributed by atoms with Crippen LogP contribution >= 0.6 is 0 Å². The van der Waals surface area contributed by atoms with Gasteiger partial charge in [-0.2, -0.15) is 5.10 Å². The van der Waals surface area contributed by atoms with Gasteiger partial charge in [0.25, 0.3) is 0 Å². The molecule has 3 rings (SSSR count). The molecule has 0 spiro atoms. The molecule has 0 saturated heterocycles. The zero-order valence-electron chi connectivity index (χ0n) is 11.9. The Balaban J connectivity index is 2.06. The van der Waals surface area contributed by atoms with E-state index in [0.29, 0.717) is 11.3 Å². The summed E-state index contributed by atoms with van der Waals surface area (Å²) in [5, 5.41) is 4.56. The second kappa shape index (κ2) is 5.27. The molecule has 0 fully saturated rings. The van der Waals surface area contributed by atoms with Gasteiger partial charge in [0.2, 0.25) is 5.88 Å². The monoisotopic (exact) mass is 274 g/mol. The number of rotatable bonds is 2. The summed E-state index contributed by atoms with van der Waals surface area (Å²) in [7, 11) is 0. The van der Waals surface area contributed by atoms with Gasteiger partial charge in [-0.25, -0.2) is 9.07 Å². The Bertz CT molecular complexity index is 621. The van der Waals surface area contributed by atoms with E-state index in [4.69, 9.17) is 4.74 Å². The third-order valence-electron chi connectivity index (χ3n) is 3.89. The Morgan fingerprint density at radius 2 is 2.20 bits per heavy atom. The zero-order valence-corrected chi connectivity index (χ0v) is 11.9. The summed E-state index contributed by atoms with van der Waals surface area (Å²) < 4.78 is 21.9. The molecule has 0 amide bonds. The average Bonchev–Trinajstić information content (AvgIpc) is 2.64. The van der Waals surface area contributed by atoms with Crippen molar-refractivity contribution in [3.05, 3.63) is 35.6 Å². The lowest BCUT2D eigenvalue weighted by Crippen LogP contribution is -2.14. The number of nitrogens with zero attached hydrogens (tertiary/aromatic N) is 2. The highest BCUT2D eigenvalue weighted by Crippen LogP contribution is 2.34. The van der Waals surface area contributed by atoms with E-state index in [-0.39, 0.29) is 11.9 Å². The minimum atomic E-state index is -0.240. The minimum absolute atomic E-state index is 0.236. The normalized spacial score (nSPS) is 18.2. The number of aromatic nitrogens is 2. The average molecular weight is 274 g/mol. The predicted octanol–water partition coefficient (Wildman–Crippen LogP) is 3.95. The first kappa shape index (κ1) is 13.2. The van der Waals surface area contributed by atoms with Crippen LogP contribution in [0.15, 0.2) is 24.3 Å². The molecule has 0 aliphatic carbocycles. The van der Waals surface area contributed by atoms with Crippen LogP contribution in [-0.2, 0) is 6.54 Å². The van der Waals surface area contributed by atoms with Crippen LogP contribution in [0.2, 0.25) is 0 Å². The molecule has 1 aromatic heterocycles. The maximum Gasteiger partial charge on any atom is 0.215 e. The molecule has 0 N–H and O–H groups in total. The number of ether oxygens (including phenoxy) is 1. The molecule has 2 heterocycles. The van der Waals surface area contributed by atoms with Gasteiger partial charge in [-0.15, -0.1) is 0 Å². The van der Waals surface area contributed by atoms with Gasteiger partial charge in [-0.1, -0.05) is 19.1 Å². The quantitative estimate of drug-likeness (QED) is 0.829. The molecule has 0 saturated carbocycles. The topological polar surface area (TPSA) is 27.1 Å². The molecule has 0 bridgehead atoms. The number of halogens is 1. The van der Waals surface area contributed by atoms with Crippen LogP contribution in [0.1, 0.15) is 31.7 Å². The second-order valence-electron chi connectivity index (χ2n) is 5.27. The van der Waals surface area contributed by atoms with Crippen molar-refractivity contribution in [2.24, 2.45) is 0 Å². The van der Waals surface area contributed by atoms with Crippen LogP contribution < -0.4 is 4.74 Å². The lowest BCUT2D eigenvalue weighted by Gasteiger charge is -2.14. The highest BCUT2D eigenvalue weighted by atomic mass is 19.1. The largest absolute Gasteiger partial charge is 0.474 e. The molecule has 1 unspecified atom stereocenters. The summed E-state index contributed by atoms with van der Waals surface area (Å²) in [4.78, 5) is 0. The van der Waals surface area contributed by atoms with E-state index in [0.717, 1.165) is 37.3 Å². The highest BCUT2D eigenvalue weighted by Gasteiger charge is 2.23. The number of fused-ring (bicyclic) bond motifs is 1. The van der Waals surface area contributed by atoms with E-state index in [2.05, 4.69) is 12.0 Å². The Kier molecular flexibility index (Phi) is 3.47. The van der Waals surface area contributed by atoms with Gasteiger partial charge >= 0.3 is 0 Å². The van der Waals surface area contributed by atoms with Gasteiger partial charge in [-0.3, -0.25) is 0 Å². The summed E-state index contributed by atoms with van der Waals surface area (Å²) in [6, 6.07) is 6.76. The molecule has 4 heteroatoms. The van der Waals surface area contributed by atoms with Crippen LogP contribution in [0.5, 0.6) is 5.88 Å². The molecule has 1 aromatic carbocycles. The number of hydrogen-bond donors (Lipinski definition) is 0. The van der Waals surface area contributed by atoms with Crippen molar-refractivity contribution in [2.75, 3.05) is 0 Å². The van der Waals surface area contributed by atoms with E-state index in [9.17, 15) is 4.39 Å². The highest BCUT2D eigenvalue weighted by molar-refractivity contribution is 5.65. The smallest absolute Gasteiger partial charge is 0.215 e. The first-order valence-electron chi connectivity index (χ1n) is 7.19. The molecule has 2 aromatic rings. The van der Waals surface area contributed by atoms with Crippen molar-refractivity contribution >= 4 is 0 Å². The maximum atomic E-state index is 14.0. The summed E-state index contributed by atoms with van der Waals surface area (Å²) in [6.07, 6.45) is 3.32. The lowest BCUT2D eigenvalue weighted by molar-refractivity contribution is 0.183. The summed E-state index contributed by atoms with van der Waals surface area (Å²) >= 11 is 0. The van der Waals surface area contributed by atoms with E-state index in [1.807, 2.05) is 17.7 Å². The van der Waals surface area contributed by atoms with Crippen molar-refractivity contribution in [3.63, 3.8) is 0 Å². The number of hydrogen-bond acceptors (Lipinski definition) is 2. The fourth-order valence-electron chi connectivity index (χ4n) is 2.72. The van der Waals surface area contributed by atoms with Crippen LogP contribution in [-0.4, -0.2) is 15.9 Å². The first-order chi connectivity index (χ1) is 9.70. The second-order valence-corrected chi connectivity index (χ2v) is 5.27. The molecular formula is C16H19FN2O. The Labute approximate surface area is 118 Å². The first-order valence-corrected chi connectivity index (χ1v) is 7.19. The molecule has 106 valence electrons. The van der Waals surface area contributed by atoms with Crippen LogP contribution in [0.3, 0.4) is 0 Å². The molecule has 0 radical (unpaired) electrons. The van der Waals surface area contributed by atoms with Crippen molar-refractivity contribution in [1.29, 1.82) is 0 Å². The third kappa shape index (κ3) is 2.19. The molecule has 1 aliphatic rings. The standard InChI is InChI=1S/C16H19FN2O/c1-3-12-7-6-10-19-16(20-12)11(2)15(18-19)13-8-4-5-9-14(13)17/h4-5,8-9,12H,3,6-7,10H2,1-2H3. The lowest BCUT2D eigenvalue weighted by atomic mass is 10.1. The summed E-state index contributed by atoms with van der Waals surface area (Å²) in [5.74, 6) is 0.559. The number of benzene rings is 1. The van der Waals surface area contributed by atoms with Crippen LogP contribution in [0.25, 0.3) is 11.3 Å². The molecule has 1 atom stereocenters. The summed E-state index contributed by atoms with van der Waals surface area (Å²) in [6.45, 7) is 4.92. The van der Waals surface area contributed by atoms with Gasteiger partial charge in [0.15, 0.2) is 0 Å². The van der Waals surface area contributed by atoms with Crippen LogP contribution in [0.4, 0.5) is 4.39 Å². The van der Waals surface area contributed by atoms with E-state index < -0.39 is 0 Å². The van der Waals surface area contributed by atoms with Gasteiger partial charge in [0, 0.05) is 17.7 Å². The SMILES string of the molecule is CCC1CCCn2nc(-c3ccccc3F)c(C)c2O1. The Morgan fingerprint density at radius 3 is 2.95 bits per heavy atom. The third-order valence-corrected chi connectivity index (χ3v) is 3.89. The van der Waals surface area contributed by atoms with Gasteiger partial charge in [-0.05, 0) is 38.3 Å². The van der Waals surface area contributed by atoms with Crippen molar-refractivity contribution in [3.8, 4) is 17.1 Å². The molecule has 20 heavy (non-hydrogen) atoms. The van der Waals surface area contributed by atoms with Crippen molar-refractivity contribution in [1.82, 2.24) is 9.78 Å². The molecule has 3 nitrogen and oxygen atoms in total.